The van der Waals surface area contributed by atoms with Crippen molar-refractivity contribution in [3.63, 3.8) is 0 Å². The van der Waals surface area contributed by atoms with E-state index in [-0.39, 0.29) is 0 Å². The first-order chi connectivity index (χ1) is 7.34. The van der Waals surface area contributed by atoms with Crippen LogP contribution in [0.5, 0.6) is 0 Å². The minimum Gasteiger partial charge on any atom is -0.317 e. The summed E-state index contributed by atoms with van der Waals surface area (Å²) in [6.07, 6.45) is 2.62. The third kappa shape index (κ3) is 3.55. The van der Waals surface area contributed by atoms with Crippen molar-refractivity contribution >= 4 is 11.3 Å². The molecule has 0 saturated carbocycles. The van der Waals surface area contributed by atoms with Gasteiger partial charge in [-0.1, -0.05) is 0 Å². The molecule has 4 heteroatoms. The van der Waals surface area contributed by atoms with E-state index < -0.39 is 0 Å². The van der Waals surface area contributed by atoms with Crippen LogP contribution in [-0.2, 0) is 6.54 Å². The van der Waals surface area contributed by atoms with Crippen molar-refractivity contribution < 1.29 is 0 Å². The topological polar surface area (TPSA) is 37.0 Å². The van der Waals surface area contributed by atoms with E-state index in [2.05, 4.69) is 21.0 Å². The highest BCUT2D eigenvalue weighted by Gasteiger charge is 2.12. The minimum atomic E-state index is 0.854. The second-order valence-corrected chi connectivity index (χ2v) is 5.15. The Morgan fingerprint density at radius 1 is 1.53 bits per heavy atom. The molecule has 1 saturated heterocycles. The van der Waals surface area contributed by atoms with Crippen LogP contribution in [0.3, 0.4) is 0 Å². The molecule has 0 amide bonds. The fourth-order valence-electron chi connectivity index (χ4n) is 1.95. The zero-order valence-corrected chi connectivity index (χ0v) is 10.1. The monoisotopic (exact) mass is 225 g/mol. The summed E-state index contributed by atoms with van der Waals surface area (Å²) in [5.74, 6) is 0.854. The lowest BCUT2D eigenvalue weighted by atomic mass is 9.98. The van der Waals surface area contributed by atoms with Crippen molar-refractivity contribution in [2.24, 2.45) is 5.92 Å². The Kier molecular flexibility index (Phi) is 4.11. The lowest BCUT2D eigenvalue weighted by Crippen LogP contribution is -2.33. The SMILES string of the molecule is Cc1csc(CNCC2CCNCC2)n1. The number of nitrogens with zero attached hydrogens (tertiary/aromatic N) is 1. The second kappa shape index (κ2) is 5.58. The molecule has 1 aromatic rings. The fourth-order valence-corrected chi connectivity index (χ4v) is 2.69. The number of hydrogen-bond acceptors (Lipinski definition) is 4. The predicted octanol–water partition coefficient (Wildman–Crippen LogP) is 1.54. The Balaban J connectivity index is 1.65. The van der Waals surface area contributed by atoms with Gasteiger partial charge >= 0.3 is 0 Å². The average Bonchev–Trinajstić information content (AvgIpc) is 2.66. The Hall–Kier alpha value is -0.450. The first-order valence-corrected chi connectivity index (χ1v) is 6.55. The average molecular weight is 225 g/mol. The largest absolute Gasteiger partial charge is 0.317 e. The van der Waals surface area contributed by atoms with Crippen LogP contribution in [0, 0.1) is 12.8 Å². The maximum Gasteiger partial charge on any atom is 0.107 e. The van der Waals surface area contributed by atoms with E-state index in [0.717, 1.165) is 24.7 Å². The zero-order chi connectivity index (χ0) is 10.5. The Morgan fingerprint density at radius 2 is 2.33 bits per heavy atom. The van der Waals surface area contributed by atoms with Crippen molar-refractivity contribution in [3.05, 3.63) is 16.1 Å². The maximum atomic E-state index is 4.44. The molecule has 3 nitrogen and oxygen atoms in total. The highest BCUT2D eigenvalue weighted by Crippen LogP contribution is 2.11. The summed E-state index contributed by atoms with van der Waals surface area (Å²) in [5.41, 5.74) is 1.14. The van der Waals surface area contributed by atoms with Crippen LogP contribution in [0.4, 0.5) is 0 Å². The van der Waals surface area contributed by atoms with Gasteiger partial charge in [0.25, 0.3) is 0 Å². The van der Waals surface area contributed by atoms with Crippen molar-refractivity contribution in [1.82, 2.24) is 15.6 Å². The molecule has 0 aliphatic carbocycles. The number of rotatable bonds is 4. The summed E-state index contributed by atoms with van der Waals surface area (Å²) in [7, 11) is 0. The first kappa shape index (κ1) is 11.0. The summed E-state index contributed by atoms with van der Waals surface area (Å²) in [4.78, 5) is 4.44. The first-order valence-electron chi connectivity index (χ1n) is 5.67. The van der Waals surface area contributed by atoms with E-state index in [1.54, 1.807) is 11.3 Å². The molecule has 0 bridgehead atoms. The van der Waals surface area contributed by atoms with E-state index in [1.807, 2.05) is 6.92 Å². The molecule has 0 aromatic carbocycles. The molecule has 1 aliphatic rings. The van der Waals surface area contributed by atoms with Gasteiger partial charge in [0.1, 0.15) is 5.01 Å². The van der Waals surface area contributed by atoms with Crippen LogP contribution in [0.1, 0.15) is 23.5 Å². The number of hydrogen-bond donors (Lipinski definition) is 2. The van der Waals surface area contributed by atoms with E-state index in [4.69, 9.17) is 0 Å². The van der Waals surface area contributed by atoms with Crippen LogP contribution >= 0.6 is 11.3 Å². The molecular weight excluding hydrogens is 206 g/mol. The van der Waals surface area contributed by atoms with Crippen molar-refractivity contribution in [3.8, 4) is 0 Å². The molecule has 0 radical (unpaired) electrons. The maximum absolute atomic E-state index is 4.44. The molecule has 1 fully saturated rings. The standard InChI is InChI=1S/C11H19N3S/c1-9-8-15-11(14-9)7-13-6-10-2-4-12-5-3-10/h8,10,12-13H,2-7H2,1H3. The normalized spacial score (nSPS) is 18.2. The molecule has 2 N–H and O–H groups in total. The van der Waals surface area contributed by atoms with Gasteiger partial charge in [-0.05, 0) is 45.3 Å². The molecule has 1 aromatic heterocycles. The molecule has 15 heavy (non-hydrogen) atoms. The quantitative estimate of drug-likeness (QED) is 0.816. The van der Waals surface area contributed by atoms with Gasteiger partial charge in [-0.2, -0.15) is 0 Å². The van der Waals surface area contributed by atoms with Gasteiger partial charge in [0.05, 0.1) is 0 Å². The highest BCUT2D eigenvalue weighted by atomic mass is 32.1. The third-order valence-electron chi connectivity index (χ3n) is 2.83. The Bertz CT molecular complexity index is 292. The van der Waals surface area contributed by atoms with Gasteiger partial charge in [0.15, 0.2) is 0 Å². The van der Waals surface area contributed by atoms with E-state index in [9.17, 15) is 0 Å². The number of thiazole rings is 1. The van der Waals surface area contributed by atoms with Gasteiger partial charge < -0.3 is 10.6 Å². The Labute approximate surface area is 95.3 Å². The molecule has 2 rings (SSSR count). The number of aromatic nitrogens is 1. The lowest BCUT2D eigenvalue weighted by Gasteiger charge is -2.22. The molecular formula is C11H19N3S. The molecule has 0 spiro atoms. The van der Waals surface area contributed by atoms with E-state index >= 15 is 0 Å². The van der Waals surface area contributed by atoms with Crippen molar-refractivity contribution in [1.29, 1.82) is 0 Å². The number of nitrogens with one attached hydrogen (secondary N) is 2. The van der Waals surface area contributed by atoms with Crippen molar-refractivity contribution in [2.45, 2.75) is 26.3 Å². The van der Waals surface area contributed by atoms with Crippen LogP contribution in [0.15, 0.2) is 5.38 Å². The summed E-state index contributed by atoms with van der Waals surface area (Å²) < 4.78 is 0. The highest BCUT2D eigenvalue weighted by molar-refractivity contribution is 7.09. The van der Waals surface area contributed by atoms with Crippen LogP contribution in [0.25, 0.3) is 0 Å². The molecule has 0 unspecified atom stereocenters. The summed E-state index contributed by atoms with van der Waals surface area (Å²) in [6, 6.07) is 0. The van der Waals surface area contributed by atoms with Gasteiger partial charge in [-0.15, -0.1) is 11.3 Å². The number of piperidine rings is 1. The van der Waals surface area contributed by atoms with E-state index in [1.165, 1.54) is 30.9 Å². The Morgan fingerprint density at radius 3 is 3.00 bits per heavy atom. The molecule has 2 heterocycles. The lowest BCUT2D eigenvalue weighted by molar-refractivity contribution is 0.356. The van der Waals surface area contributed by atoms with E-state index in [0.29, 0.717) is 0 Å². The second-order valence-electron chi connectivity index (χ2n) is 4.21. The van der Waals surface area contributed by atoms with Gasteiger partial charge in [0.2, 0.25) is 0 Å². The van der Waals surface area contributed by atoms with Crippen LogP contribution < -0.4 is 10.6 Å². The minimum absolute atomic E-state index is 0.854. The van der Waals surface area contributed by atoms with Gasteiger partial charge in [-0.25, -0.2) is 4.98 Å². The predicted molar refractivity (Wildman–Crippen MR) is 64.2 cm³/mol. The van der Waals surface area contributed by atoms with Crippen LogP contribution in [-0.4, -0.2) is 24.6 Å². The zero-order valence-electron chi connectivity index (χ0n) is 9.25. The van der Waals surface area contributed by atoms with Gasteiger partial charge in [0, 0.05) is 17.6 Å². The molecule has 1 aliphatic heterocycles. The summed E-state index contributed by atoms with van der Waals surface area (Å²) in [5, 5.41) is 10.2. The smallest absolute Gasteiger partial charge is 0.107 e. The molecule has 84 valence electrons. The fraction of sp³-hybridized carbons (Fsp3) is 0.727. The summed E-state index contributed by atoms with van der Waals surface area (Å²) in [6.45, 7) is 6.49. The third-order valence-corrected chi connectivity index (χ3v) is 3.80. The van der Waals surface area contributed by atoms with Crippen molar-refractivity contribution in [2.75, 3.05) is 19.6 Å². The number of aryl methyl sites for hydroxylation is 1. The summed E-state index contributed by atoms with van der Waals surface area (Å²) >= 11 is 1.75. The molecule has 0 atom stereocenters. The van der Waals surface area contributed by atoms with Crippen LogP contribution in [0.2, 0.25) is 0 Å². The van der Waals surface area contributed by atoms with Gasteiger partial charge in [-0.3, -0.25) is 0 Å².